The van der Waals surface area contributed by atoms with Gasteiger partial charge in [0.2, 0.25) is 0 Å². The lowest BCUT2D eigenvalue weighted by Gasteiger charge is -2.37. The lowest BCUT2D eigenvalue weighted by molar-refractivity contribution is 0.336. The van der Waals surface area contributed by atoms with Gasteiger partial charge in [0.25, 0.3) is 0 Å². The fraction of sp³-hybridized carbons (Fsp3) is 0.625. The van der Waals surface area contributed by atoms with Gasteiger partial charge in [-0.3, -0.25) is 0 Å². The zero-order valence-electron chi connectivity index (χ0n) is 12.0. The molecule has 0 bridgehead atoms. The average Bonchev–Trinajstić information content (AvgIpc) is 2.39. The maximum absolute atomic E-state index is 6.43. The fourth-order valence-corrected chi connectivity index (χ4v) is 3.58. The summed E-state index contributed by atoms with van der Waals surface area (Å²) in [4.78, 5) is 2.39. The van der Waals surface area contributed by atoms with Gasteiger partial charge in [-0.25, -0.2) is 0 Å². The van der Waals surface area contributed by atoms with Crippen LogP contribution >= 0.6 is 11.6 Å². The molecule has 3 heteroatoms. The molecule has 1 aromatic carbocycles. The number of anilines is 1. The number of nitrogens with zero attached hydrogens (tertiary/aromatic N) is 1. The number of rotatable bonds is 4. The van der Waals surface area contributed by atoms with Gasteiger partial charge in [0.05, 0.1) is 10.7 Å². The van der Waals surface area contributed by atoms with E-state index < -0.39 is 0 Å². The van der Waals surface area contributed by atoms with Gasteiger partial charge in [-0.1, -0.05) is 43.5 Å². The predicted octanol–water partition coefficient (Wildman–Crippen LogP) is 3.86. The number of para-hydroxylation sites is 1. The van der Waals surface area contributed by atoms with E-state index in [4.69, 9.17) is 17.3 Å². The molecule has 2 unspecified atom stereocenters. The van der Waals surface area contributed by atoms with Crippen LogP contribution in [0.3, 0.4) is 0 Å². The molecule has 2 N–H and O–H groups in total. The summed E-state index contributed by atoms with van der Waals surface area (Å²) < 4.78 is 0. The van der Waals surface area contributed by atoms with E-state index in [0.717, 1.165) is 17.4 Å². The maximum atomic E-state index is 6.43. The monoisotopic (exact) mass is 280 g/mol. The Labute approximate surface area is 121 Å². The summed E-state index contributed by atoms with van der Waals surface area (Å²) in [5.74, 6) is 0.821. The summed E-state index contributed by atoms with van der Waals surface area (Å²) in [6.45, 7) is 3.02. The molecule has 2 rings (SSSR count). The Bertz CT molecular complexity index is 419. The highest BCUT2D eigenvalue weighted by Crippen LogP contribution is 2.35. The van der Waals surface area contributed by atoms with Gasteiger partial charge in [-0.05, 0) is 43.4 Å². The summed E-state index contributed by atoms with van der Waals surface area (Å²) >= 11 is 6.43. The van der Waals surface area contributed by atoms with Crippen molar-refractivity contribution in [2.45, 2.75) is 45.1 Å². The standard InChI is InChI=1S/C16H25ClN2/c1-12-5-3-7-14(11-12)19(2)16-13(9-10-18)6-4-8-15(16)17/h4,6,8,12,14H,3,5,7,9-11,18H2,1-2H3. The highest BCUT2D eigenvalue weighted by Gasteiger charge is 2.24. The van der Waals surface area contributed by atoms with Crippen molar-refractivity contribution in [3.05, 3.63) is 28.8 Å². The summed E-state index contributed by atoms with van der Waals surface area (Å²) in [7, 11) is 2.18. The zero-order valence-corrected chi connectivity index (χ0v) is 12.8. The fourth-order valence-electron chi connectivity index (χ4n) is 3.25. The van der Waals surface area contributed by atoms with E-state index in [9.17, 15) is 0 Å². The summed E-state index contributed by atoms with van der Waals surface area (Å²) in [6, 6.07) is 6.77. The molecule has 1 aliphatic carbocycles. The second-order valence-electron chi connectivity index (χ2n) is 5.82. The van der Waals surface area contributed by atoms with Crippen molar-refractivity contribution < 1.29 is 0 Å². The van der Waals surface area contributed by atoms with E-state index in [1.165, 1.54) is 36.9 Å². The SMILES string of the molecule is CC1CCCC(N(C)c2c(Cl)cccc2CCN)C1. The van der Waals surface area contributed by atoms with Crippen LogP contribution in [-0.2, 0) is 6.42 Å². The van der Waals surface area contributed by atoms with Gasteiger partial charge in [-0.15, -0.1) is 0 Å². The first kappa shape index (κ1) is 14.7. The molecule has 2 nitrogen and oxygen atoms in total. The number of halogens is 1. The summed E-state index contributed by atoms with van der Waals surface area (Å²) in [5.41, 5.74) is 8.18. The first-order valence-corrected chi connectivity index (χ1v) is 7.71. The van der Waals surface area contributed by atoms with Gasteiger partial charge >= 0.3 is 0 Å². The van der Waals surface area contributed by atoms with Crippen LogP contribution in [0, 0.1) is 5.92 Å². The van der Waals surface area contributed by atoms with E-state index in [0.29, 0.717) is 12.6 Å². The molecule has 0 aromatic heterocycles. The van der Waals surface area contributed by atoms with Gasteiger partial charge in [0.1, 0.15) is 0 Å². The van der Waals surface area contributed by atoms with Crippen molar-refractivity contribution in [1.82, 2.24) is 0 Å². The number of nitrogens with two attached hydrogens (primary N) is 1. The molecule has 0 amide bonds. The predicted molar refractivity (Wildman–Crippen MR) is 84.0 cm³/mol. The van der Waals surface area contributed by atoms with E-state index in [-0.39, 0.29) is 0 Å². The van der Waals surface area contributed by atoms with E-state index in [1.807, 2.05) is 12.1 Å². The molecular weight excluding hydrogens is 256 g/mol. The minimum atomic E-state index is 0.611. The molecule has 2 atom stereocenters. The number of benzene rings is 1. The molecule has 106 valence electrons. The van der Waals surface area contributed by atoms with E-state index in [1.54, 1.807) is 0 Å². The number of hydrogen-bond acceptors (Lipinski definition) is 2. The van der Waals surface area contributed by atoms with Crippen molar-refractivity contribution in [3.8, 4) is 0 Å². The van der Waals surface area contributed by atoms with Crippen molar-refractivity contribution in [2.75, 3.05) is 18.5 Å². The minimum absolute atomic E-state index is 0.611. The summed E-state index contributed by atoms with van der Waals surface area (Å²) in [5, 5.41) is 0.853. The first-order valence-electron chi connectivity index (χ1n) is 7.33. The van der Waals surface area contributed by atoms with Crippen LogP contribution in [0.4, 0.5) is 5.69 Å². The molecule has 0 radical (unpaired) electrons. The van der Waals surface area contributed by atoms with Crippen LogP contribution in [0.5, 0.6) is 0 Å². The van der Waals surface area contributed by atoms with Crippen molar-refractivity contribution in [1.29, 1.82) is 0 Å². The molecular formula is C16H25ClN2. The normalized spacial score (nSPS) is 23.4. The first-order chi connectivity index (χ1) is 9.13. The van der Waals surface area contributed by atoms with Crippen LogP contribution in [-0.4, -0.2) is 19.6 Å². The lowest BCUT2D eigenvalue weighted by Crippen LogP contribution is -2.36. The number of hydrogen-bond donors (Lipinski definition) is 1. The van der Waals surface area contributed by atoms with Gasteiger partial charge in [0.15, 0.2) is 0 Å². The molecule has 0 saturated heterocycles. The Morgan fingerprint density at radius 2 is 2.16 bits per heavy atom. The second kappa shape index (κ2) is 6.62. The third-order valence-electron chi connectivity index (χ3n) is 4.29. The third kappa shape index (κ3) is 3.43. The van der Waals surface area contributed by atoms with Crippen molar-refractivity contribution >= 4 is 17.3 Å². The summed E-state index contributed by atoms with van der Waals surface area (Å²) in [6.07, 6.45) is 6.12. The highest BCUT2D eigenvalue weighted by molar-refractivity contribution is 6.33. The Hall–Kier alpha value is -0.730. The molecule has 19 heavy (non-hydrogen) atoms. The van der Waals surface area contributed by atoms with Gasteiger partial charge < -0.3 is 10.6 Å². The Morgan fingerprint density at radius 1 is 1.37 bits per heavy atom. The van der Waals surface area contributed by atoms with Crippen LogP contribution < -0.4 is 10.6 Å². The molecule has 0 heterocycles. The van der Waals surface area contributed by atoms with Crippen LogP contribution in [0.25, 0.3) is 0 Å². The van der Waals surface area contributed by atoms with E-state index >= 15 is 0 Å². The Kier molecular flexibility index (Phi) is 5.12. The molecule has 1 aromatic rings. The maximum Gasteiger partial charge on any atom is 0.0642 e. The zero-order chi connectivity index (χ0) is 13.8. The second-order valence-corrected chi connectivity index (χ2v) is 6.23. The van der Waals surface area contributed by atoms with Crippen molar-refractivity contribution in [3.63, 3.8) is 0 Å². The molecule has 1 aliphatic rings. The molecule has 0 aliphatic heterocycles. The topological polar surface area (TPSA) is 29.3 Å². The minimum Gasteiger partial charge on any atom is -0.370 e. The molecule has 1 fully saturated rings. The quantitative estimate of drug-likeness (QED) is 0.907. The third-order valence-corrected chi connectivity index (χ3v) is 4.60. The van der Waals surface area contributed by atoms with Crippen LogP contribution in [0.15, 0.2) is 18.2 Å². The highest BCUT2D eigenvalue weighted by atomic mass is 35.5. The molecule has 0 spiro atoms. The Morgan fingerprint density at radius 3 is 2.84 bits per heavy atom. The smallest absolute Gasteiger partial charge is 0.0642 e. The lowest BCUT2D eigenvalue weighted by atomic mass is 9.86. The van der Waals surface area contributed by atoms with Gasteiger partial charge in [-0.2, -0.15) is 0 Å². The molecule has 1 saturated carbocycles. The average molecular weight is 281 g/mol. The Balaban J connectivity index is 2.24. The van der Waals surface area contributed by atoms with Crippen LogP contribution in [0.2, 0.25) is 5.02 Å². The van der Waals surface area contributed by atoms with Gasteiger partial charge in [0, 0.05) is 13.1 Å². The van der Waals surface area contributed by atoms with Crippen molar-refractivity contribution in [2.24, 2.45) is 11.7 Å². The van der Waals surface area contributed by atoms with E-state index in [2.05, 4.69) is 24.9 Å². The van der Waals surface area contributed by atoms with Crippen LogP contribution in [0.1, 0.15) is 38.2 Å². The largest absolute Gasteiger partial charge is 0.370 e.